The number of nitrogens with zero attached hydrogens (tertiary/aromatic N) is 4. The predicted octanol–water partition coefficient (Wildman–Crippen LogP) is 2.70. The Morgan fingerprint density at radius 3 is 2.36 bits per heavy atom. The third kappa shape index (κ3) is 4.03. The Labute approximate surface area is 166 Å². The van der Waals surface area contributed by atoms with Crippen molar-refractivity contribution in [3.05, 3.63) is 46.3 Å². The summed E-state index contributed by atoms with van der Waals surface area (Å²) in [6.07, 6.45) is 0. The molecule has 1 fully saturated rings. The van der Waals surface area contributed by atoms with Crippen molar-refractivity contribution in [2.45, 2.75) is 47.7 Å². The molecule has 2 heterocycles. The average molecular weight is 383 g/mol. The van der Waals surface area contributed by atoms with Crippen molar-refractivity contribution in [3.8, 4) is 0 Å². The van der Waals surface area contributed by atoms with Gasteiger partial charge in [0.15, 0.2) is 0 Å². The van der Waals surface area contributed by atoms with Gasteiger partial charge in [-0.05, 0) is 57.9 Å². The van der Waals surface area contributed by atoms with Gasteiger partial charge in [-0.3, -0.25) is 9.48 Å². The van der Waals surface area contributed by atoms with Crippen molar-refractivity contribution in [1.82, 2.24) is 20.0 Å². The Kier molecular flexibility index (Phi) is 5.72. The van der Waals surface area contributed by atoms with Crippen molar-refractivity contribution in [1.29, 1.82) is 0 Å². The minimum absolute atomic E-state index is 0.0578. The van der Waals surface area contributed by atoms with Crippen LogP contribution >= 0.6 is 0 Å². The maximum absolute atomic E-state index is 12.6. The second kappa shape index (κ2) is 8.04. The molecule has 0 unspecified atom stereocenters. The van der Waals surface area contributed by atoms with Gasteiger partial charge in [0.2, 0.25) is 5.91 Å². The van der Waals surface area contributed by atoms with Crippen LogP contribution in [0.5, 0.6) is 0 Å². The molecule has 0 radical (unpaired) electrons. The molecule has 0 spiro atoms. The number of hydrogen-bond acceptors (Lipinski definition) is 3. The second-order valence-corrected chi connectivity index (χ2v) is 7.44. The van der Waals surface area contributed by atoms with Crippen LogP contribution in [0.3, 0.4) is 0 Å². The largest absolute Gasteiger partial charge is 0.334 e. The van der Waals surface area contributed by atoms with Gasteiger partial charge in [0.25, 0.3) is 0 Å². The van der Waals surface area contributed by atoms with Crippen molar-refractivity contribution in [2.75, 3.05) is 24.5 Å². The number of nitrogens with one attached hydrogen (secondary N) is 1. The number of carbonyl (C=O) groups excluding carboxylic acids is 2. The Morgan fingerprint density at radius 1 is 1.11 bits per heavy atom. The molecule has 1 N–H and O–H groups in total. The molecule has 150 valence electrons. The number of aromatic nitrogens is 2. The summed E-state index contributed by atoms with van der Waals surface area (Å²) >= 11 is 0. The lowest BCUT2D eigenvalue weighted by molar-refractivity contribution is -0.120. The van der Waals surface area contributed by atoms with Gasteiger partial charge in [-0.25, -0.2) is 4.79 Å². The maximum Gasteiger partial charge on any atom is 0.318 e. The van der Waals surface area contributed by atoms with Gasteiger partial charge in [-0.2, -0.15) is 5.10 Å². The first-order valence-corrected chi connectivity index (χ1v) is 9.74. The van der Waals surface area contributed by atoms with E-state index >= 15 is 0 Å². The van der Waals surface area contributed by atoms with Crippen LogP contribution in [0.15, 0.2) is 18.2 Å². The van der Waals surface area contributed by atoms with E-state index in [1.54, 1.807) is 9.80 Å². The molecule has 7 nitrogen and oxygen atoms in total. The van der Waals surface area contributed by atoms with E-state index in [1.165, 1.54) is 0 Å². The van der Waals surface area contributed by atoms with Gasteiger partial charge < -0.3 is 15.1 Å². The highest BCUT2D eigenvalue weighted by Gasteiger charge is 2.28. The Hall–Kier alpha value is -2.83. The second-order valence-electron chi connectivity index (χ2n) is 7.44. The molecule has 1 saturated heterocycles. The number of benzene rings is 1. The molecule has 0 aliphatic carbocycles. The van der Waals surface area contributed by atoms with E-state index in [-0.39, 0.29) is 18.5 Å². The maximum atomic E-state index is 12.6. The molecule has 3 amide bonds. The molecular formula is C21H29N5O2. The summed E-state index contributed by atoms with van der Waals surface area (Å²) in [6.45, 7) is 12.4. The fourth-order valence-electron chi connectivity index (χ4n) is 3.80. The predicted molar refractivity (Wildman–Crippen MR) is 109 cm³/mol. The Bertz CT molecular complexity index is 882. The number of urea groups is 1. The van der Waals surface area contributed by atoms with E-state index in [9.17, 15) is 9.59 Å². The van der Waals surface area contributed by atoms with Crippen LogP contribution in [0.4, 0.5) is 10.5 Å². The minimum Gasteiger partial charge on any atom is -0.334 e. The fourth-order valence-corrected chi connectivity index (χ4v) is 3.80. The van der Waals surface area contributed by atoms with Crippen LogP contribution in [0, 0.1) is 27.7 Å². The van der Waals surface area contributed by atoms with E-state index in [0.29, 0.717) is 19.6 Å². The third-order valence-corrected chi connectivity index (χ3v) is 5.27. The number of amides is 3. The number of aryl methyl sites for hydroxylation is 4. The summed E-state index contributed by atoms with van der Waals surface area (Å²) in [4.78, 5) is 28.6. The van der Waals surface area contributed by atoms with Gasteiger partial charge in [0.05, 0.1) is 5.69 Å². The first kappa shape index (κ1) is 19.9. The molecule has 0 saturated carbocycles. The molecule has 0 bridgehead atoms. The fraction of sp³-hybridized carbons (Fsp3) is 0.476. The summed E-state index contributed by atoms with van der Waals surface area (Å²) < 4.78 is 1.93. The number of carbonyl (C=O) groups is 2. The summed E-state index contributed by atoms with van der Waals surface area (Å²) in [5.41, 5.74) is 6.19. The van der Waals surface area contributed by atoms with Crippen LogP contribution in [0.2, 0.25) is 0 Å². The molecule has 1 aromatic carbocycles. The van der Waals surface area contributed by atoms with Gasteiger partial charge in [0.1, 0.15) is 6.54 Å². The number of rotatable bonds is 4. The summed E-state index contributed by atoms with van der Waals surface area (Å²) in [5, 5.41) is 7.42. The zero-order valence-electron chi connectivity index (χ0n) is 17.4. The number of piperazine rings is 1. The highest BCUT2D eigenvalue weighted by Crippen LogP contribution is 2.21. The topological polar surface area (TPSA) is 70.5 Å². The van der Waals surface area contributed by atoms with Crippen LogP contribution in [-0.2, 0) is 17.9 Å². The van der Waals surface area contributed by atoms with E-state index in [4.69, 9.17) is 0 Å². The zero-order valence-corrected chi connectivity index (χ0v) is 17.4. The smallest absolute Gasteiger partial charge is 0.318 e. The number of hydrogen-bond donors (Lipinski definition) is 1. The molecular weight excluding hydrogens is 354 g/mol. The summed E-state index contributed by atoms with van der Waals surface area (Å²) in [6, 6.07) is 5.90. The van der Waals surface area contributed by atoms with Crippen LogP contribution in [0.1, 0.15) is 35.0 Å². The van der Waals surface area contributed by atoms with Gasteiger partial charge in [0, 0.05) is 43.1 Å². The van der Waals surface area contributed by atoms with E-state index < -0.39 is 0 Å². The van der Waals surface area contributed by atoms with Crippen LogP contribution in [-0.4, -0.2) is 46.3 Å². The normalized spacial score (nSPS) is 14.5. The molecule has 0 atom stereocenters. The van der Waals surface area contributed by atoms with Crippen molar-refractivity contribution in [3.63, 3.8) is 0 Å². The van der Waals surface area contributed by atoms with Gasteiger partial charge in [-0.15, -0.1) is 0 Å². The first-order valence-electron chi connectivity index (χ1n) is 9.74. The van der Waals surface area contributed by atoms with Gasteiger partial charge in [-0.1, -0.05) is 6.07 Å². The minimum atomic E-state index is -0.212. The zero-order chi connectivity index (χ0) is 20.4. The Balaban J connectivity index is 1.61. The molecule has 1 aromatic heterocycles. The summed E-state index contributed by atoms with van der Waals surface area (Å²) in [7, 11) is 0. The SMILES string of the molecule is CCn1nc(C)c(CNC(=O)N2CCN(c3cc(C)cc(C)c3)C(=O)C2)c1C. The third-order valence-electron chi connectivity index (χ3n) is 5.27. The van der Waals surface area contributed by atoms with Crippen molar-refractivity contribution in [2.24, 2.45) is 0 Å². The van der Waals surface area contributed by atoms with Crippen LogP contribution in [0.25, 0.3) is 0 Å². The first-order chi connectivity index (χ1) is 13.3. The molecule has 2 aromatic rings. The van der Waals surface area contributed by atoms with Gasteiger partial charge >= 0.3 is 6.03 Å². The monoisotopic (exact) mass is 383 g/mol. The standard InChI is InChI=1S/C21H29N5O2/c1-6-26-17(5)19(16(4)23-26)12-22-21(28)24-7-8-25(20(27)13-24)18-10-14(2)9-15(3)11-18/h9-11H,6-8,12-13H2,1-5H3,(H,22,28). The average Bonchev–Trinajstić information content (AvgIpc) is 2.92. The molecule has 3 rings (SSSR count). The lowest BCUT2D eigenvalue weighted by atomic mass is 10.1. The Morgan fingerprint density at radius 2 is 1.79 bits per heavy atom. The molecule has 7 heteroatoms. The highest BCUT2D eigenvalue weighted by atomic mass is 16.2. The van der Waals surface area contributed by atoms with Crippen LogP contribution < -0.4 is 10.2 Å². The van der Waals surface area contributed by atoms with Crippen molar-refractivity contribution < 1.29 is 9.59 Å². The van der Waals surface area contributed by atoms with E-state index in [2.05, 4.69) is 16.5 Å². The van der Waals surface area contributed by atoms with E-state index in [1.807, 2.05) is 51.4 Å². The molecule has 28 heavy (non-hydrogen) atoms. The highest BCUT2D eigenvalue weighted by molar-refractivity contribution is 5.97. The quantitative estimate of drug-likeness (QED) is 0.882. The molecule has 1 aliphatic heterocycles. The van der Waals surface area contributed by atoms with Crippen molar-refractivity contribution >= 4 is 17.6 Å². The number of anilines is 1. The van der Waals surface area contributed by atoms with E-state index in [0.717, 1.165) is 40.3 Å². The summed E-state index contributed by atoms with van der Waals surface area (Å²) in [5.74, 6) is -0.0578. The molecule has 1 aliphatic rings. The lowest BCUT2D eigenvalue weighted by Gasteiger charge is -2.34. The lowest BCUT2D eigenvalue weighted by Crippen LogP contribution is -2.54.